The van der Waals surface area contributed by atoms with Crippen molar-refractivity contribution in [2.75, 3.05) is 13.1 Å². The molecule has 2 heterocycles. The topological polar surface area (TPSA) is 46.1 Å². The molecule has 0 bridgehead atoms. The molecule has 1 aliphatic rings. The first-order valence-electron chi connectivity index (χ1n) is 8.00. The van der Waals surface area contributed by atoms with Crippen LogP contribution in [0.1, 0.15) is 25.6 Å². The van der Waals surface area contributed by atoms with Gasteiger partial charge in [0.15, 0.2) is 0 Å². The fourth-order valence-corrected chi connectivity index (χ4v) is 3.76. The summed E-state index contributed by atoms with van der Waals surface area (Å²) in [6.45, 7) is 5.64. The molecule has 1 aromatic carbocycles. The summed E-state index contributed by atoms with van der Waals surface area (Å²) >= 11 is 1.52. The molecule has 1 amide bonds. The van der Waals surface area contributed by atoms with Crippen molar-refractivity contribution in [1.29, 1.82) is 0 Å². The smallest absolute Gasteiger partial charge is 0.235 e. The number of aromatic nitrogens is 2. The number of hydrogen-bond donors (Lipinski definition) is 0. The minimum atomic E-state index is -0.119. The van der Waals surface area contributed by atoms with Gasteiger partial charge in [0.25, 0.3) is 0 Å². The van der Waals surface area contributed by atoms with Crippen LogP contribution in [0.25, 0.3) is 11.3 Å². The van der Waals surface area contributed by atoms with E-state index in [4.69, 9.17) is 0 Å². The van der Waals surface area contributed by atoms with Crippen LogP contribution in [-0.2, 0) is 4.79 Å². The van der Waals surface area contributed by atoms with E-state index in [0.29, 0.717) is 0 Å². The number of carbonyl (C=O) groups is 1. The standard InChI is InChI=1S/C18H21N3OS/c1-13(18(22)21-10-6-7-11-21)23-17-12-16(19-14(2)20-17)15-8-4-3-5-9-15/h3-5,8-9,12-13H,6-7,10-11H2,1-2H3/t13-/m0/s1. The fourth-order valence-electron chi connectivity index (χ4n) is 2.78. The number of amides is 1. The summed E-state index contributed by atoms with van der Waals surface area (Å²) in [5.41, 5.74) is 1.97. The van der Waals surface area contributed by atoms with Gasteiger partial charge < -0.3 is 4.90 Å². The molecular formula is C18H21N3OS. The van der Waals surface area contributed by atoms with E-state index >= 15 is 0 Å². The quantitative estimate of drug-likeness (QED) is 0.636. The van der Waals surface area contributed by atoms with E-state index in [2.05, 4.69) is 9.97 Å². The highest BCUT2D eigenvalue weighted by Crippen LogP contribution is 2.27. The lowest BCUT2D eigenvalue weighted by atomic mass is 10.1. The van der Waals surface area contributed by atoms with Crippen molar-refractivity contribution < 1.29 is 4.79 Å². The predicted octanol–water partition coefficient (Wildman–Crippen LogP) is 3.56. The van der Waals surface area contributed by atoms with Crippen LogP contribution in [0.4, 0.5) is 0 Å². The van der Waals surface area contributed by atoms with Crippen molar-refractivity contribution in [3.63, 3.8) is 0 Å². The first-order valence-corrected chi connectivity index (χ1v) is 8.88. The van der Waals surface area contributed by atoms with Crippen LogP contribution in [0.5, 0.6) is 0 Å². The molecule has 0 aliphatic carbocycles. The van der Waals surface area contributed by atoms with Crippen molar-refractivity contribution in [2.24, 2.45) is 0 Å². The Bertz CT molecular complexity index is 684. The monoisotopic (exact) mass is 327 g/mol. The Morgan fingerprint density at radius 3 is 2.57 bits per heavy atom. The second-order valence-electron chi connectivity index (χ2n) is 5.80. The summed E-state index contributed by atoms with van der Waals surface area (Å²) in [5, 5.41) is 0.738. The Labute approximate surface area is 141 Å². The maximum atomic E-state index is 12.5. The van der Waals surface area contributed by atoms with Crippen molar-refractivity contribution >= 4 is 17.7 Å². The number of thioether (sulfide) groups is 1. The third-order valence-corrected chi connectivity index (χ3v) is 4.95. The Kier molecular flexibility index (Phi) is 4.96. The molecular weight excluding hydrogens is 306 g/mol. The summed E-state index contributed by atoms with van der Waals surface area (Å²) in [5.74, 6) is 0.944. The molecule has 120 valence electrons. The van der Waals surface area contributed by atoms with Gasteiger partial charge in [-0.1, -0.05) is 42.1 Å². The van der Waals surface area contributed by atoms with Crippen molar-refractivity contribution in [3.8, 4) is 11.3 Å². The SMILES string of the molecule is Cc1nc(S[C@@H](C)C(=O)N2CCCC2)cc(-c2ccccc2)n1. The Balaban J connectivity index is 1.77. The van der Waals surface area contributed by atoms with Gasteiger partial charge in [-0.15, -0.1) is 0 Å². The maximum absolute atomic E-state index is 12.5. The molecule has 0 saturated carbocycles. The third-order valence-electron chi connectivity index (χ3n) is 3.95. The molecule has 23 heavy (non-hydrogen) atoms. The van der Waals surface area contributed by atoms with Crippen LogP contribution in [0.2, 0.25) is 0 Å². The predicted molar refractivity (Wildman–Crippen MR) is 93.3 cm³/mol. The lowest BCUT2D eigenvalue weighted by Gasteiger charge is -2.19. The van der Waals surface area contributed by atoms with Crippen LogP contribution in [-0.4, -0.2) is 39.1 Å². The van der Waals surface area contributed by atoms with Gasteiger partial charge in [0.05, 0.1) is 10.9 Å². The minimum Gasteiger partial charge on any atom is -0.342 e. The summed E-state index contributed by atoms with van der Waals surface area (Å²) in [4.78, 5) is 23.4. The summed E-state index contributed by atoms with van der Waals surface area (Å²) in [6, 6.07) is 12.0. The highest BCUT2D eigenvalue weighted by atomic mass is 32.2. The molecule has 1 aliphatic heterocycles. The maximum Gasteiger partial charge on any atom is 0.235 e. The zero-order valence-electron chi connectivity index (χ0n) is 13.5. The number of rotatable bonds is 4. The van der Waals surface area contributed by atoms with E-state index in [1.54, 1.807) is 0 Å². The molecule has 5 heteroatoms. The van der Waals surface area contributed by atoms with Gasteiger partial charge in [0.1, 0.15) is 10.9 Å². The normalized spacial score (nSPS) is 15.7. The molecule has 1 fully saturated rings. The highest BCUT2D eigenvalue weighted by Gasteiger charge is 2.24. The van der Waals surface area contributed by atoms with E-state index in [1.165, 1.54) is 11.8 Å². The van der Waals surface area contributed by atoms with Crippen molar-refractivity contribution in [1.82, 2.24) is 14.9 Å². The zero-order chi connectivity index (χ0) is 16.2. The molecule has 1 atom stereocenters. The Morgan fingerprint density at radius 1 is 1.17 bits per heavy atom. The molecule has 0 spiro atoms. The largest absolute Gasteiger partial charge is 0.342 e. The van der Waals surface area contributed by atoms with Crippen LogP contribution in [0.3, 0.4) is 0 Å². The Hall–Kier alpha value is -1.88. The van der Waals surface area contributed by atoms with Crippen LogP contribution in [0, 0.1) is 6.92 Å². The Morgan fingerprint density at radius 2 is 1.87 bits per heavy atom. The molecule has 0 unspecified atom stereocenters. The highest BCUT2D eigenvalue weighted by molar-refractivity contribution is 8.00. The molecule has 0 N–H and O–H groups in total. The lowest BCUT2D eigenvalue weighted by molar-refractivity contribution is -0.129. The number of aryl methyl sites for hydroxylation is 1. The van der Waals surface area contributed by atoms with E-state index in [-0.39, 0.29) is 11.2 Å². The van der Waals surface area contributed by atoms with Gasteiger partial charge >= 0.3 is 0 Å². The molecule has 3 rings (SSSR count). The molecule has 1 aromatic heterocycles. The molecule has 1 saturated heterocycles. The number of carbonyl (C=O) groups excluding carboxylic acids is 1. The van der Waals surface area contributed by atoms with Crippen molar-refractivity contribution in [2.45, 2.75) is 37.0 Å². The average molecular weight is 327 g/mol. The van der Waals surface area contributed by atoms with Gasteiger partial charge in [-0.2, -0.15) is 0 Å². The first-order chi connectivity index (χ1) is 11.1. The van der Waals surface area contributed by atoms with Gasteiger partial charge in [0.2, 0.25) is 5.91 Å². The van der Waals surface area contributed by atoms with E-state index in [1.807, 2.05) is 55.1 Å². The van der Waals surface area contributed by atoms with Crippen LogP contribution < -0.4 is 0 Å². The van der Waals surface area contributed by atoms with E-state index in [0.717, 1.165) is 48.0 Å². The summed E-state index contributed by atoms with van der Waals surface area (Å²) < 4.78 is 0. The number of benzene rings is 1. The first kappa shape index (κ1) is 16.0. The average Bonchev–Trinajstić information content (AvgIpc) is 3.09. The van der Waals surface area contributed by atoms with Gasteiger partial charge in [-0.05, 0) is 32.8 Å². The third kappa shape index (κ3) is 3.91. The number of nitrogens with zero attached hydrogens (tertiary/aromatic N) is 3. The van der Waals surface area contributed by atoms with Gasteiger partial charge in [-0.3, -0.25) is 4.79 Å². The minimum absolute atomic E-state index is 0.119. The van der Waals surface area contributed by atoms with Crippen LogP contribution in [0.15, 0.2) is 41.4 Å². The number of hydrogen-bond acceptors (Lipinski definition) is 4. The molecule has 2 aromatic rings. The zero-order valence-corrected chi connectivity index (χ0v) is 14.3. The van der Waals surface area contributed by atoms with Gasteiger partial charge in [0, 0.05) is 18.7 Å². The second-order valence-corrected chi connectivity index (χ2v) is 7.16. The fraction of sp³-hybridized carbons (Fsp3) is 0.389. The summed E-state index contributed by atoms with van der Waals surface area (Å²) in [6.07, 6.45) is 2.24. The summed E-state index contributed by atoms with van der Waals surface area (Å²) in [7, 11) is 0. The van der Waals surface area contributed by atoms with Crippen LogP contribution >= 0.6 is 11.8 Å². The van der Waals surface area contributed by atoms with Crippen molar-refractivity contribution in [3.05, 3.63) is 42.2 Å². The number of likely N-dealkylation sites (tertiary alicyclic amines) is 1. The van der Waals surface area contributed by atoms with E-state index < -0.39 is 0 Å². The van der Waals surface area contributed by atoms with Gasteiger partial charge in [-0.25, -0.2) is 9.97 Å². The second kappa shape index (κ2) is 7.13. The molecule has 4 nitrogen and oxygen atoms in total. The molecule has 0 radical (unpaired) electrons. The van der Waals surface area contributed by atoms with E-state index in [9.17, 15) is 4.79 Å². The lowest BCUT2D eigenvalue weighted by Crippen LogP contribution is -2.34.